The predicted molar refractivity (Wildman–Crippen MR) is 57.1 cm³/mol. The maximum atomic E-state index is 11.5. The summed E-state index contributed by atoms with van der Waals surface area (Å²) in [5.41, 5.74) is 5.00. The molecular formula is C10H19N3O2. The molecule has 0 saturated heterocycles. The second kappa shape index (κ2) is 5.70. The Hall–Kier alpha value is -1.10. The Bertz CT molecular complexity index is 237. The maximum Gasteiger partial charge on any atom is 0.237 e. The number of amides is 2. The molecule has 1 fully saturated rings. The van der Waals surface area contributed by atoms with E-state index in [1.54, 1.807) is 7.05 Å². The van der Waals surface area contributed by atoms with E-state index >= 15 is 0 Å². The van der Waals surface area contributed by atoms with Crippen LogP contribution in [0.25, 0.3) is 0 Å². The van der Waals surface area contributed by atoms with Crippen molar-refractivity contribution in [2.45, 2.75) is 31.7 Å². The van der Waals surface area contributed by atoms with Crippen LogP contribution in [0.4, 0.5) is 0 Å². The molecule has 0 aromatic heterocycles. The lowest BCUT2D eigenvalue weighted by Crippen LogP contribution is -2.42. The minimum Gasteiger partial charge on any atom is -0.368 e. The first-order valence-corrected chi connectivity index (χ1v) is 5.35. The highest BCUT2D eigenvalue weighted by Crippen LogP contribution is 2.17. The molecule has 0 aromatic rings. The molecule has 15 heavy (non-hydrogen) atoms. The lowest BCUT2D eigenvalue weighted by molar-refractivity contribution is -0.133. The van der Waals surface area contributed by atoms with Gasteiger partial charge in [-0.2, -0.15) is 0 Å². The molecule has 0 spiro atoms. The van der Waals surface area contributed by atoms with Crippen molar-refractivity contribution in [3.63, 3.8) is 0 Å². The molecule has 1 saturated carbocycles. The molecule has 0 aromatic carbocycles. The molecule has 2 amide bonds. The Morgan fingerprint density at radius 2 is 2.00 bits per heavy atom. The van der Waals surface area contributed by atoms with Gasteiger partial charge in [0.1, 0.15) is 0 Å². The van der Waals surface area contributed by atoms with Crippen molar-refractivity contribution in [2.24, 2.45) is 5.73 Å². The number of nitrogens with one attached hydrogen (secondary N) is 1. The van der Waals surface area contributed by atoms with Crippen LogP contribution in [-0.2, 0) is 9.59 Å². The van der Waals surface area contributed by atoms with Crippen LogP contribution in [-0.4, -0.2) is 42.9 Å². The van der Waals surface area contributed by atoms with E-state index in [0.29, 0.717) is 12.6 Å². The highest BCUT2D eigenvalue weighted by Gasteiger charge is 2.17. The fourth-order valence-electron chi connectivity index (χ4n) is 1.82. The number of nitrogens with zero attached hydrogens (tertiary/aromatic N) is 1. The van der Waals surface area contributed by atoms with E-state index in [1.807, 2.05) is 0 Å². The van der Waals surface area contributed by atoms with Crippen LogP contribution in [0.2, 0.25) is 0 Å². The van der Waals surface area contributed by atoms with Gasteiger partial charge >= 0.3 is 0 Å². The van der Waals surface area contributed by atoms with Gasteiger partial charge in [-0.15, -0.1) is 0 Å². The number of carbonyl (C=O) groups is 2. The van der Waals surface area contributed by atoms with E-state index in [1.165, 1.54) is 17.7 Å². The lowest BCUT2D eigenvalue weighted by atomic mass is 10.2. The topological polar surface area (TPSA) is 75.4 Å². The normalized spacial score (nSPS) is 16.6. The quantitative estimate of drug-likeness (QED) is 0.644. The van der Waals surface area contributed by atoms with Gasteiger partial charge in [-0.3, -0.25) is 9.59 Å². The Kier molecular flexibility index (Phi) is 4.55. The van der Waals surface area contributed by atoms with Gasteiger partial charge in [0.2, 0.25) is 11.8 Å². The van der Waals surface area contributed by atoms with E-state index in [0.717, 1.165) is 12.8 Å². The standard InChI is InChI=1S/C10H19N3O2/c1-13(7-9(11)14)10(15)6-12-8-4-2-3-5-8/h8,12H,2-7H2,1H3,(H2,11,14). The van der Waals surface area contributed by atoms with Crippen LogP contribution >= 0.6 is 0 Å². The Labute approximate surface area is 90.0 Å². The van der Waals surface area contributed by atoms with E-state index in [2.05, 4.69) is 5.32 Å². The number of carbonyl (C=O) groups excluding carboxylic acids is 2. The number of hydrogen-bond acceptors (Lipinski definition) is 3. The maximum absolute atomic E-state index is 11.5. The Morgan fingerprint density at radius 3 is 2.53 bits per heavy atom. The van der Waals surface area contributed by atoms with Gasteiger partial charge in [-0.05, 0) is 12.8 Å². The second-order valence-electron chi connectivity index (χ2n) is 4.08. The average Bonchev–Trinajstić information content (AvgIpc) is 2.65. The summed E-state index contributed by atoms with van der Waals surface area (Å²) in [6.07, 6.45) is 4.77. The van der Waals surface area contributed by atoms with E-state index in [9.17, 15) is 9.59 Å². The van der Waals surface area contributed by atoms with Crippen molar-refractivity contribution in [3.8, 4) is 0 Å². The fraction of sp³-hybridized carbons (Fsp3) is 0.800. The third kappa shape index (κ3) is 4.29. The van der Waals surface area contributed by atoms with E-state index in [-0.39, 0.29) is 12.5 Å². The van der Waals surface area contributed by atoms with Gasteiger partial charge < -0.3 is 16.0 Å². The molecule has 0 bridgehead atoms. The molecule has 1 aliphatic carbocycles. The van der Waals surface area contributed by atoms with Crippen molar-refractivity contribution in [3.05, 3.63) is 0 Å². The molecule has 0 heterocycles. The first-order chi connectivity index (χ1) is 7.09. The first-order valence-electron chi connectivity index (χ1n) is 5.35. The molecular weight excluding hydrogens is 194 g/mol. The minimum atomic E-state index is -0.480. The Balaban J connectivity index is 2.19. The van der Waals surface area contributed by atoms with Crippen LogP contribution in [0, 0.1) is 0 Å². The van der Waals surface area contributed by atoms with Crippen LogP contribution in [0.1, 0.15) is 25.7 Å². The van der Waals surface area contributed by atoms with E-state index in [4.69, 9.17) is 5.73 Å². The van der Waals surface area contributed by atoms with Crippen LogP contribution in [0.5, 0.6) is 0 Å². The van der Waals surface area contributed by atoms with E-state index < -0.39 is 5.91 Å². The smallest absolute Gasteiger partial charge is 0.237 e. The van der Waals surface area contributed by atoms with Crippen molar-refractivity contribution in [1.82, 2.24) is 10.2 Å². The molecule has 1 rings (SSSR count). The largest absolute Gasteiger partial charge is 0.368 e. The van der Waals surface area contributed by atoms with Gasteiger partial charge in [-0.1, -0.05) is 12.8 Å². The fourth-order valence-corrected chi connectivity index (χ4v) is 1.82. The average molecular weight is 213 g/mol. The van der Waals surface area contributed by atoms with Crippen LogP contribution in [0.15, 0.2) is 0 Å². The SMILES string of the molecule is CN(CC(N)=O)C(=O)CNC1CCCC1. The highest BCUT2D eigenvalue weighted by atomic mass is 16.2. The van der Waals surface area contributed by atoms with Gasteiger partial charge in [0.05, 0.1) is 13.1 Å². The molecule has 0 aliphatic heterocycles. The highest BCUT2D eigenvalue weighted by molar-refractivity contribution is 5.84. The second-order valence-corrected chi connectivity index (χ2v) is 4.08. The molecule has 5 heteroatoms. The predicted octanol–water partition coefficient (Wildman–Crippen LogP) is -0.538. The van der Waals surface area contributed by atoms with Crippen LogP contribution < -0.4 is 11.1 Å². The number of likely N-dealkylation sites (N-methyl/N-ethyl adjacent to an activating group) is 1. The zero-order valence-electron chi connectivity index (χ0n) is 9.16. The summed E-state index contributed by atoms with van der Waals surface area (Å²) < 4.78 is 0. The van der Waals surface area contributed by atoms with Crippen molar-refractivity contribution < 1.29 is 9.59 Å². The summed E-state index contributed by atoms with van der Waals surface area (Å²) in [5.74, 6) is -0.563. The summed E-state index contributed by atoms with van der Waals surface area (Å²) in [5, 5.41) is 3.19. The number of nitrogens with two attached hydrogens (primary N) is 1. The van der Waals surface area contributed by atoms with Crippen LogP contribution in [0.3, 0.4) is 0 Å². The number of primary amides is 1. The summed E-state index contributed by atoms with van der Waals surface area (Å²) >= 11 is 0. The van der Waals surface area contributed by atoms with Crippen molar-refractivity contribution in [1.29, 1.82) is 0 Å². The summed E-state index contributed by atoms with van der Waals surface area (Å²) in [6.45, 7) is 0.291. The summed E-state index contributed by atoms with van der Waals surface area (Å²) in [7, 11) is 1.59. The Morgan fingerprint density at radius 1 is 1.40 bits per heavy atom. The summed E-state index contributed by atoms with van der Waals surface area (Å²) in [4.78, 5) is 23.4. The molecule has 86 valence electrons. The zero-order valence-corrected chi connectivity index (χ0v) is 9.16. The zero-order chi connectivity index (χ0) is 11.3. The summed E-state index contributed by atoms with van der Waals surface area (Å²) in [6, 6.07) is 0.468. The van der Waals surface area contributed by atoms with Crippen molar-refractivity contribution in [2.75, 3.05) is 20.1 Å². The lowest BCUT2D eigenvalue weighted by Gasteiger charge is -2.17. The molecule has 3 N–H and O–H groups in total. The number of hydrogen-bond donors (Lipinski definition) is 2. The third-order valence-electron chi connectivity index (χ3n) is 2.72. The van der Waals surface area contributed by atoms with Gasteiger partial charge in [0, 0.05) is 13.1 Å². The molecule has 0 atom stereocenters. The molecule has 1 aliphatic rings. The molecule has 0 radical (unpaired) electrons. The molecule has 0 unspecified atom stereocenters. The monoisotopic (exact) mass is 213 g/mol. The van der Waals surface area contributed by atoms with Gasteiger partial charge in [-0.25, -0.2) is 0 Å². The van der Waals surface area contributed by atoms with Crippen molar-refractivity contribution >= 4 is 11.8 Å². The van der Waals surface area contributed by atoms with Gasteiger partial charge in [0.15, 0.2) is 0 Å². The minimum absolute atomic E-state index is 0.00875. The third-order valence-corrected chi connectivity index (χ3v) is 2.72. The first kappa shape index (κ1) is 12.0. The number of rotatable bonds is 5. The van der Waals surface area contributed by atoms with Gasteiger partial charge in [0.25, 0.3) is 0 Å². The molecule has 5 nitrogen and oxygen atoms in total.